The summed E-state index contributed by atoms with van der Waals surface area (Å²) in [4.78, 5) is 39.7. The summed E-state index contributed by atoms with van der Waals surface area (Å²) in [7, 11) is 0. The largest absolute Gasteiger partial charge is 0.480 e. The summed E-state index contributed by atoms with van der Waals surface area (Å²) in [6.07, 6.45) is 2.09. The van der Waals surface area contributed by atoms with E-state index in [2.05, 4.69) is 15.6 Å². The Labute approximate surface area is 180 Å². The Hall–Kier alpha value is -2.95. The Bertz CT molecular complexity index is 897. The first kappa shape index (κ1) is 24.3. The number of para-hydroxylation sites is 1. The van der Waals surface area contributed by atoms with E-state index in [1.54, 1.807) is 6.20 Å². The number of carbonyl (C=O) groups excluding carboxylic acids is 2. The molecule has 2 amide bonds. The molecule has 1 heterocycles. The topological polar surface area (TPSA) is 184 Å². The molecule has 170 valence electrons. The minimum atomic E-state index is -1.34. The van der Waals surface area contributed by atoms with Crippen LogP contribution in [0, 0.1) is 0 Å². The Kier molecular flexibility index (Phi) is 8.98. The summed E-state index contributed by atoms with van der Waals surface area (Å²) in [5.41, 5.74) is 13.2. The second-order valence-corrected chi connectivity index (χ2v) is 7.58. The monoisotopic (exact) mass is 433 g/mol. The van der Waals surface area contributed by atoms with Crippen LogP contribution < -0.4 is 22.1 Å². The first-order valence-electron chi connectivity index (χ1n) is 10.3. The lowest BCUT2D eigenvalue weighted by molar-refractivity contribution is -0.143. The van der Waals surface area contributed by atoms with E-state index in [4.69, 9.17) is 11.5 Å². The SMILES string of the molecule is CC(O)C(NC(=O)C(N)Cc1c[nH]c2ccccc12)C(=O)NC(CCCCN)C(=O)O. The lowest BCUT2D eigenvalue weighted by atomic mass is 10.0. The van der Waals surface area contributed by atoms with Crippen molar-refractivity contribution in [1.29, 1.82) is 0 Å². The average Bonchev–Trinajstić information content (AvgIpc) is 3.13. The van der Waals surface area contributed by atoms with Crippen LogP contribution in [0.5, 0.6) is 0 Å². The second-order valence-electron chi connectivity index (χ2n) is 7.58. The number of aromatic nitrogens is 1. The van der Waals surface area contributed by atoms with Crippen LogP contribution in [-0.2, 0) is 20.8 Å². The van der Waals surface area contributed by atoms with Crippen LogP contribution in [0.3, 0.4) is 0 Å². The van der Waals surface area contributed by atoms with Crippen LogP contribution in [0.25, 0.3) is 10.9 Å². The lowest BCUT2D eigenvalue weighted by Gasteiger charge is -2.24. The quantitative estimate of drug-likeness (QED) is 0.222. The number of nitrogens with one attached hydrogen (secondary N) is 3. The summed E-state index contributed by atoms with van der Waals surface area (Å²) in [6, 6.07) is 4.15. The standard InChI is InChI=1S/C21H31N5O5/c1-12(27)18(20(29)25-17(21(30)31)8-4-5-9-22)26-19(28)15(23)10-13-11-24-16-7-3-2-6-14(13)16/h2-3,6-7,11-12,15,17-18,24,27H,4-5,8-10,22-23H2,1H3,(H,25,29)(H,26,28)(H,30,31). The van der Waals surface area contributed by atoms with E-state index in [0.717, 1.165) is 16.5 Å². The number of benzene rings is 1. The Balaban J connectivity index is 2.01. The third-order valence-electron chi connectivity index (χ3n) is 5.08. The van der Waals surface area contributed by atoms with Crippen molar-refractivity contribution in [3.8, 4) is 0 Å². The maximum Gasteiger partial charge on any atom is 0.326 e. The summed E-state index contributed by atoms with van der Waals surface area (Å²) in [6.45, 7) is 1.75. The Morgan fingerprint density at radius 3 is 2.48 bits per heavy atom. The van der Waals surface area contributed by atoms with Gasteiger partial charge in [0.15, 0.2) is 0 Å². The summed E-state index contributed by atoms with van der Waals surface area (Å²) in [5.74, 6) is -2.61. The van der Waals surface area contributed by atoms with E-state index >= 15 is 0 Å². The molecule has 10 nitrogen and oxygen atoms in total. The van der Waals surface area contributed by atoms with Gasteiger partial charge in [-0.1, -0.05) is 18.2 Å². The third kappa shape index (κ3) is 6.78. The molecule has 0 radical (unpaired) electrons. The van der Waals surface area contributed by atoms with Gasteiger partial charge in [0, 0.05) is 17.1 Å². The number of carbonyl (C=O) groups is 3. The molecule has 0 aliphatic carbocycles. The fraction of sp³-hybridized carbons (Fsp3) is 0.476. The fourth-order valence-corrected chi connectivity index (χ4v) is 3.31. The number of aromatic amines is 1. The van der Waals surface area contributed by atoms with Gasteiger partial charge in [-0.05, 0) is 50.8 Å². The molecule has 0 fully saturated rings. The maximum absolute atomic E-state index is 12.6. The molecular formula is C21H31N5O5. The van der Waals surface area contributed by atoms with Crippen molar-refractivity contribution >= 4 is 28.7 Å². The molecule has 0 spiro atoms. The molecule has 4 unspecified atom stereocenters. The van der Waals surface area contributed by atoms with Gasteiger partial charge < -0.3 is 37.3 Å². The van der Waals surface area contributed by atoms with Gasteiger partial charge in [-0.15, -0.1) is 0 Å². The lowest BCUT2D eigenvalue weighted by Crippen LogP contribution is -2.58. The highest BCUT2D eigenvalue weighted by molar-refractivity contribution is 5.92. The van der Waals surface area contributed by atoms with Crippen LogP contribution in [0.4, 0.5) is 0 Å². The van der Waals surface area contributed by atoms with E-state index < -0.39 is 42.0 Å². The van der Waals surface area contributed by atoms with Crippen molar-refractivity contribution in [2.75, 3.05) is 6.54 Å². The van der Waals surface area contributed by atoms with E-state index in [0.29, 0.717) is 19.4 Å². The molecule has 0 saturated heterocycles. The van der Waals surface area contributed by atoms with Gasteiger partial charge in [0.05, 0.1) is 12.1 Å². The molecule has 10 heteroatoms. The molecular weight excluding hydrogens is 402 g/mol. The molecule has 0 bridgehead atoms. The van der Waals surface area contributed by atoms with Crippen LogP contribution in [-0.4, -0.2) is 63.8 Å². The van der Waals surface area contributed by atoms with E-state index in [-0.39, 0.29) is 12.8 Å². The predicted octanol–water partition coefficient (Wildman–Crippen LogP) is -0.398. The number of carboxylic acids is 1. The van der Waals surface area contributed by atoms with E-state index in [1.807, 2.05) is 24.3 Å². The normalized spacial score (nSPS) is 15.1. The number of aliphatic carboxylic acids is 1. The first-order valence-corrected chi connectivity index (χ1v) is 10.3. The zero-order valence-electron chi connectivity index (χ0n) is 17.5. The van der Waals surface area contributed by atoms with Crippen molar-refractivity contribution in [2.45, 2.75) is 56.8 Å². The predicted molar refractivity (Wildman–Crippen MR) is 116 cm³/mol. The van der Waals surface area contributed by atoms with Crippen molar-refractivity contribution < 1.29 is 24.6 Å². The van der Waals surface area contributed by atoms with Gasteiger partial charge in [-0.3, -0.25) is 9.59 Å². The third-order valence-corrected chi connectivity index (χ3v) is 5.08. The van der Waals surface area contributed by atoms with Crippen LogP contribution in [0.15, 0.2) is 30.5 Å². The summed E-state index contributed by atoms with van der Waals surface area (Å²) < 4.78 is 0. The molecule has 2 rings (SSSR count). The number of H-pyrrole nitrogens is 1. The summed E-state index contributed by atoms with van der Waals surface area (Å²) >= 11 is 0. The number of carboxylic acid groups (broad SMARTS) is 1. The van der Waals surface area contributed by atoms with Gasteiger partial charge in [-0.2, -0.15) is 0 Å². The molecule has 0 aliphatic heterocycles. The molecule has 0 saturated carbocycles. The number of hydrogen-bond donors (Lipinski definition) is 7. The Morgan fingerprint density at radius 1 is 1.13 bits per heavy atom. The average molecular weight is 434 g/mol. The Morgan fingerprint density at radius 2 is 1.84 bits per heavy atom. The molecule has 31 heavy (non-hydrogen) atoms. The minimum absolute atomic E-state index is 0.193. The van der Waals surface area contributed by atoms with Crippen molar-refractivity contribution in [3.05, 3.63) is 36.0 Å². The molecule has 1 aromatic heterocycles. The maximum atomic E-state index is 12.6. The zero-order chi connectivity index (χ0) is 23.0. The molecule has 9 N–H and O–H groups in total. The number of aliphatic hydroxyl groups is 1. The highest BCUT2D eigenvalue weighted by Crippen LogP contribution is 2.18. The van der Waals surface area contributed by atoms with Gasteiger partial charge in [-0.25, -0.2) is 4.79 Å². The highest BCUT2D eigenvalue weighted by atomic mass is 16.4. The first-order chi connectivity index (χ1) is 14.7. The number of aliphatic hydroxyl groups excluding tert-OH is 1. The van der Waals surface area contributed by atoms with Crippen LogP contribution in [0.1, 0.15) is 31.7 Å². The highest BCUT2D eigenvalue weighted by Gasteiger charge is 2.31. The number of amides is 2. The van der Waals surface area contributed by atoms with E-state index in [9.17, 15) is 24.6 Å². The second kappa shape index (κ2) is 11.4. The molecule has 4 atom stereocenters. The van der Waals surface area contributed by atoms with E-state index in [1.165, 1.54) is 6.92 Å². The fourth-order valence-electron chi connectivity index (χ4n) is 3.31. The zero-order valence-corrected chi connectivity index (χ0v) is 17.5. The molecule has 0 aliphatic rings. The smallest absolute Gasteiger partial charge is 0.326 e. The van der Waals surface area contributed by atoms with Gasteiger partial charge in [0.25, 0.3) is 0 Å². The number of rotatable bonds is 12. The minimum Gasteiger partial charge on any atom is -0.480 e. The van der Waals surface area contributed by atoms with Crippen molar-refractivity contribution in [2.24, 2.45) is 11.5 Å². The number of hydrogen-bond acceptors (Lipinski definition) is 6. The summed E-state index contributed by atoms with van der Waals surface area (Å²) in [5, 5.41) is 25.1. The van der Waals surface area contributed by atoms with Gasteiger partial charge in [0.2, 0.25) is 11.8 Å². The number of unbranched alkanes of at least 4 members (excludes halogenated alkanes) is 1. The molecule has 1 aromatic carbocycles. The number of fused-ring (bicyclic) bond motifs is 1. The number of nitrogens with two attached hydrogens (primary N) is 2. The van der Waals surface area contributed by atoms with Crippen LogP contribution >= 0.6 is 0 Å². The van der Waals surface area contributed by atoms with Crippen LogP contribution in [0.2, 0.25) is 0 Å². The van der Waals surface area contributed by atoms with Crippen molar-refractivity contribution in [1.82, 2.24) is 15.6 Å². The van der Waals surface area contributed by atoms with Gasteiger partial charge >= 0.3 is 5.97 Å². The van der Waals surface area contributed by atoms with Gasteiger partial charge in [0.1, 0.15) is 12.1 Å². The van der Waals surface area contributed by atoms with Crippen molar-refractivity contribution in [3.63, 3.8) is 0 Å². The molecule has 2 aromatic rings.